The highest BCUT2D eigenvalue weighted by Crippen LogP contribution is 2.11. The van der Waals surface area contributed by atoms with Crippen LogP contribution in [-0.4, -0.2) is 22.8 Å². The predicted molar refractivity (Wildman–Crippen MR) is 77.2 cm³/mol. The zero-order valence-electron chi connectivity index (χ0n) is 11.3. The van der Waals surface area contributed by atoms with Crippen LogP contribution in [0, 0.1) is 0 Å². The zero-order chi connectivity index (χ0) is 14.5. The number of rotatable bonds is 4. The van der Waals surface area contributed by atoms with Crippen molar-refractivity contribution >= 4 is 5.91 Å². The van der Waals surface area contributed by atoms with Crippen LogP contribution in [0.3, 0.4) is 0 Å². The molecule has 0 aliphatic rings. The molecular formula is C15H17N3O2. The maximum absolute atomic E-state index is 12.2. The van der Waals surface area contributed by atoms with Gasteiger partial charge < -0.3 is 15.6 Å². The van der Waals surface area contributed by atoms with Gasteiger partial charge in [0.2, 0.25) is 5.56 Å². The molecule has 5 nitrogen and oxygen atoms in total. The quantitative estimate of drug-likeness (QED) is 0.874. The van der Waals surface area contributed by atoms with Crippen LogP contribution in [0.25, 0.3) is 0 Å². The smallest absolute Gasteiger partial charge is 0.270 e. The van der Waals surface area contributed by atoms with E-state index in [0.29, 0.717) is 13.1 Å². The number of H-pyrrole nitrogens is 1. The molecule has 0 aliphatic heterocycles. The van der Waals surface area contributed by atoms with Gasteiger partial charge in [0.05, 0.1) is 0 Å². The van der Waals surface area contributed by atoms with Crippen molar-refractivity contribution < 1.29 is 4.79 Å². The zero-order valence-corrected chi connectivity index (χ0v) is 11.3. The van der Waals surface area contributed by atoms with Crippen LogP contribution < -0.4 is 11.3 Å². The predicted octanol–water partition coefficient (Wildman–Crippen LogP) is 1.11. The Labute approximate surface area is 117 Å². The van der Waals surface area contributed by atoms with Crippen molar-refractivity contribution in [2.75, 3.05) is 7.05 Å². The largest absolute Gasteiger partial charge is 0.336 e. The number of nitrogens with zero attached hydrogens (tertiary/aromatic N) is 1. The Hall–Kier alpha value is -2.40. The number of carbonyl (C=O) groups excluding carboxylic acids is 1. The van der Waals surface area contributed by atoms with Crippen molar-refractivity contribution in [1.29, 1.82) is 0 Å². The summed E-state index contributed by atoms with van der Waals surface area (Å²) in [5.74, 6) is -0.227. The first-order valence-electron chi connectivity index (χ1n) is 6.33. The third-order valence-electron chi connectivity index (χ3n) is 3.09. The molecule has 0 radical (unpaired) electrons. The van der Waals surface area contributed by atoms with Crippen LogP contribution in [0.15, 0.2) is 47.3 Å². The molecular weight excluding hydrogens is 254 g/mol. The van der Waals surface area contributed by atoms with Gasteiger partial charge in [-0.1, -0.05) is 30.3 Å². The summed E-state index contributed by atoms with van der Waals surface area (Å²) in [5.41, 5.74) is 7.69. The monoisotopic (exact) mass is 271 g/mol. The molecule has 104 valence electrons. The minimum Gasteiger partial charge on any atom is -0.336 e. The number of hydrogen-bond donors (Lipinski definition) is 2. The van der Waals surface area contributed by atoms with Gasteiger partial charge in [-0.05, 0) is 17.2 Å². The molecule has 0 saturated carbocycles. The normalized spacial score (nSPS) is 10.3. The molecule has 2 aromatic rings. The standard InChI is InChI=1S/C15H17N3O2/c1-18(10-12-6-3-2-5-11(12)9-16)15(20)13-7-4-8-14(19)17-13/h2-8H,9-10,16H2,1H3,(H,17,19). The fraction of sp³-hybridized carbons (Fsp3) is 0.200. The molecule has 0 spiro atoms. The maximum atomic E-state index is 12.2. The lowest BCUT2D eigenvalue weighted by molar-refractivity contribution is 0.0778. The van der Waals surface area contributed by atoms with Crippen molar-refractivity contribution in [3.05, 3.63) is 69.6 Å². The van der Waals surface area contributed by atoms with Gasteiger partial charge >= 0.3 is 0 Å². The van der Waals surface area contributed by atoms with Gasteiger partial charge in [-0.25, -0.2) is 0 Å². The fourth-order valence-corrected chi connectivity index (χ4v) is 2.02. The first-order valence-corrected chi connectivity index (χ1v) is 6.33. The van der Waals surface area contributed by atoms with Crippen LogP contribution in [0.5, 0.6) is 0 Å². The van der Waals surface area contributed by atoms with E-state index in [1.807, 2.05) is 24.3 Å². The second kappa shape index (κ2) is 6.16. The molecule has 0 bridgehead atoms. The summed E-state index contributed by atoms with van der Waals surface area (Å²) < 4.78 is 0. The molecule has 0 aliphatic carbocycles. The summed E-state index contributed by atoms with van der Waals surface area (Å²) >= 11 is 0. The summed E-state index contributed by atoms with van der Waals surface area (Å²) in [5, 5.41) is 0. The van der Waals surface area contributed by atoms with Gasteiger partial charge in [-0.3, -0.25) is 9.59 Å². The topological polar surface area (TPSA) is 79.2 Å². The van der Waals surface area contributed by atoms with Gasteiger partial charge in [0.25, 0.3) is 5.91 Å². The summed E-state index contributed by atoms with van der Waals surface area (Å²) in [4.78, 5) is 27.5. The third kappa shape index (κ3) is 3.13. The minimum absolute atomic E-state index is 0.227. The highest BCUT2D eigenvalue weighted by atomic mass is 16.2. The highest BCUT2D eigenvalue weighted by molar-refractivity contribution is 5.92. The Kier molecular flexibility index (Phi) is 4.32. The van der Waals surface area contributed by atoms with Crippen molar-refractivity contribution in [3.63, 3.8) is 0 Å². The van der Waals surface area contributed by atoms with E-state index in [4.69, 9.17) is 5.73 Å². The lowest BCUT2D eigenvalue weighted by Crippen LogP contribution is -2.29. The van der Waals surface area contributed by atoms with Crippen molar-refractivity contribution in [1.82, 2.24) is 9.88 Å². The second-order valence-corrected chi connectivity index (χ2v) is 4.56. The summed E-state index contributed by atoms with van der Waals surface area (Å²) in [6, 6.07) is 12.3. The second-order valence-electron chi connectivity index (χ2n) is 4.56. The number of nitrogens with one attached hydrogen (secondary N) is 1. The minimum atomic E-state index is -0.286. The van der Waals surface area contributed by atoms with Crippen LogP contribution in [0.1, 0.15) is 21.6 Å². The number of pyridine rings is 1. The lowest BCUT2D eigenvalue weighted by atomic mass is 10.1. The van der Waals surface area contributed by atoms with E-state index in [0.717, 1.165) is 11.1 Å². The van der Waals surface area contributed by atoms with Gasteiger partial charge in [0, 0.05) is 26.2 Å². The van der Waals surface area contributed by atoms with E-state index in [-0.39, 0.29) is 17.2 Å². The van der Waals surface area contributed by atoms with E-state index < -0.39 is 0 Å². The van der Waals surface area contributed by atoms with E-state index >= 15 is 0 Å². The number of amides is 1. The van der Waals surface area contributed by atoms with Crippen molar-refractivity contribution in [3.8, 4) is 0 Å². The number of benzene rings is 1. The molecule has 1 aromatic heterocycles. The van der Waals surface area contributed by atoms with E-state index in [2.05, 4.69) is 4.98 Å². The lowest BCUT2D eigenvalue weighted by Gasteiger charge is -2.18. The fourth-order valence-electron chi connectivity index (χ4n) is 2.02. The number of nitrogens with two attached hydrogens (primary N) is 1. The van der Waals surface area contributed by atoms with Crippen LogP contribution in [-0.2, 0) is 13.1 Å². The molecule has 0 fully saturated rings. The molecule has 1 amide bonds. The molecule has 3 N–H and O–H groups in total. The average molecular weight is 271 g/mol. The maximum Gasteiger partial charge on any atom is 0.270 e. The van der Waals surface area contributed by atoms with Crippen LogP contribution in [0.4, 0.5) is 0 Å². The molecule has 1 heterocycles. The Morgan fingerprint density at radius 2 is 1.85 bits per heavy atom. The number of aromatic amines is 1. The molecule has 2 rings (SSSR count). The molecule has 5 heteroatoms. The summed E-state index contributed by atoms with van der Waals surface area (Å²) in [7, 11) is 1.70. The summed E-state index contributed by atoms with van der Waals surface area (Å²) in [6.07, 6.45) is 0. The molecule has 1 aromatic carbocycles. The van der Waals surface area contributed by atoms with Crippen molar-refractivity contribution in [2.45, 2.75) is 13.1 Å². The third-order valence-corrected chi connectivity index (χ3v) is 3.09. The first-order chi connectivity index (χ1) is 9.61. The van der Waals surface area contributed by atoms with Crippen LogP contribution in [0.2, 0.25) is 0 Å². The Morgan fingerprint density at radius 1 is 1.15 bits per heavy atom. The van der Waals surface area contributed by atoms with Gasteiger partial charge in [0.15, 0.2) is 0 Å². The number of aromatic nitrogens is 1. The molecule has 0 atom stereocenters. The summed E-state index contributed by atoms with van der Waals surface area (Å²) in [6.45, 7) is 0.878. The molecule has 20 heavy (non-hydrogen) atoms. The molecule has 0 unspecified atom stereocenters. The number of carbonyl (C=O) groups is 1. The Balaban J connectivity index is 2.17. The van der Waals surface area contributed by atoms with Gasteiger partial charge in [-0.15, -0.1) is 0 Å². The Bertz CT molecular complexity index is 664. The first kappa shape index (κ1) is 14.0. The molecule has 0 saturated heterocycles. The van der Waals surface area contributed by atoms with Gasteiger partial charge in [0.1, 0.15) is 5.69 Å². The average Bonchev–Trinajstić information content (AvgIpc) is 2.47. The van der Waals surface area contributed by atoms with Crippen molar-refractivity contribution in [2.24, 2.45) is 5.73 Å². The van der Waals surface area contributed by atoms with E-state index in [1.54, 1.807) is 24.1 Å². The SMILES string of the molecule is CN(Cc1ccccc1CN)C(=O)c1cccc(=O)[nH]1. The number of hydrogen-bond acceptors (Lipinski definition) is 3. The van der Waals surface area contributed by atoms with E-state index in [9.17, 15) is 9.59 Å². The van der Waals surface area contributed by atoms with E-state index in [1.165, 1.54) is 6.07 Å². The highest BCUT2D eigenvalue weighted by Gasteiger charge is 2.13. The van der Waals surface area contributed by atoms with Crippen LogP contribution >= 0.6 is 0 Å². The van der Waals surface area contributed by atoms with Gasteiger partial charge in [-0.2, -0.15) is 0 Å². The Morgan fingerprint density at radius 3 is 2.50 bits per heavy atom.